The van der Waals surface area contributed by atoms with Gasteiger partial charge < -0.3 is 10.1 Å². The van der Waals surface area contributed by atoms with Gasteiger partial charge in [0.15, 0.2) is 4.96 Å². The number of aromatic nitrogens is 2. The summed E-state index contributed by atoms with van der Waals surface area (Å²) in [4.78, 5) is 16.1. The van der Waals surface area contributed by atoms with Crippen molar-refractivity contribution in [3.8, 4) is 0 Å². The van der Waals surface area contributed by atoms with E-state index in [9.17, 15) is 4.79 Å². The Morgan fingerprint density at radius 1 is 1.73 bits per heavy atom. The molecule has 0 aromatic carbocycles. The molecule has 5 nitrogen and oxygen atoms in total. The van der Waals surface area contributed by atoms with Crippen molar-refractivity contribution < 1.29 is 9.53 Å². The lowest BCUT2D eigenvalue weighted by Crippen LogP contribution is -2.23. The van der Waals surface area contributed by atoms with Gasteiger partial charge in [-0.15, -0.1) is 11.3 Å². The number of carbonyl (C=O) groups excluding carboxylic acids is 1. The summed E-state index contributed by atoms with van der Waals surface area (Å²) in [5.74, 6) is -0.268. The van der Waals surface area contributed by atoms with Gasteiger partial charge in [-0.1, -0.05) is 0 Å². The molecule has 0 aliphatic carbocycles. The highest BCUT2D eigenvalue weighted by molar-refractivity contribution is 7.15. The third kappa shape index (κ3) is 2.34. The zero-order chi connectivity index (χ0) is 10.7. The number of hydrogen-bond acceptors (Lipinski definition) is 5. The molecule has 0 aliphatic rings. The van der Waals surface area contributed by atoms with Crippen LogP contribution in [0.4, 0.5) is 0 Å². The molecule has 0 amide bonds. The molecule has 2 aromatic heterocycles. The monoisotopic (exact) mass is 225 g/mol. The van der Waals surface area contributed by atoms with Gasteiger partial charge in [0.1, 0.15) is 0 Å². The third-order valence-corrected chi connectivity index (χ3v) is 2.72. The van der Waals surface area contributed by atoms with Gasteiger partial charge in [-0.3, -0.25) is 9.20 Å². The fraction of sp³-hybridized carbons (Fsp3) is 0.333. The number of rotatable bonds is 4. The van der Waals surface area contributed by atoms with Crippen molar-refractivity contribution in [2.24, 2.45) is 0 Å². The summed E-state index contributed by atoms with van der Waals surface area (Å²) in [5, 5.41) is 4.94. The number of imidazole rings is 1. The molecule has 0 atom stereocenters. The van der Waals surface area contributed by atoms with E-state index in [4.69, 9.17) is 0 Å². The number of hydrogen-bond donors (Lipinski definition) is 1. The second-order valence-electron chi connectivity index (χ2n) is 3.00. The fourth-order valence-corrected chi connectivity index (χ4v) is 1.94. The highest BCUT2D eigenvalue weighted by atomic mass is 32.1. The van der Waals surface area contributed by atoms with Gasteiger partial charge in [-0.2, -0.15) is 0 Å². The summed E-state index contributed by atoms with van der Waals surface area (Å²) < 4.78 is 6.47. The Morgan fingerprint density at radius 3 is 3.33 bits per heavy atom. The van der Waals surface area contributed by atoms with Crippen LogP contribution in [0.1, 0.15) is 5.69 Å². The molecule has 0 unspecified atom stereocenters. The topological polar surface area (TPSA) is 55.6 Å². The largest absolute Gasteiger partial charge is 0.468 e. The third-order valence-electron chi connectivity index (χ3n) is 1.95. The lowest BCUT2D eigenvalue weighted by molar-refractivity contribution is -0.139. The zero-order valence-electron chi connectivity index (χ0n) is 8.27. The Kier molecular flexibility index (Phi) is 2.98. The van der Waals surface area contributed by atoms with Crippen LogP contribution in [-0.4, -0.2) is 29.0 Å². The van der Waals surface area contributed by atoms with Crippen LogP contribution in [0.5, 0.6) is 0 Å². The van der Waals surface area contributed by atoms with Crippen LogP contribution in [0.2, 0.25) is 0 Å². The van der Waals surface area contributed by atoms with E-state index in [-0.39, 0.29) is 12.5 Å². The van der Waals surface area contributed by atoms with Crippen molar-refractivity contribution in [2.45, 2.75) is 6.54 Å². The Balaban J connectivity index is 1.90. The molecule has 0 saturated carbocycles. The van der Waals surface area contributed by atoms with Gasteiger partial charge >= 0.3 is 5.97 Å². The van der Waals surface area contributed by atoms with E-state index in [1.54, 1.807) is 11.3 Å². The van der Waals surface area contributed by atoms with Crippen LogP contribution in [-0.2, 0) is 16.1 Å². The molecule has 2 aromatic rings. The summed E-state index contributed by atoms with van der Waals surface area (Å²) >= 11 is 1.58. The van der Waals surface area contributed by atoms with Gasteiger partial charge in [0.25, 0.3) is 0 Å². The molecule has 2 heterocycles. The number of nitrogens with zero attached hydrogens (tertiary/aromatic N) is 2. The van der Waals surface area contributed by atoms with E-state index < -0.39 is 0 Å². The Bertz CT molecular complexity index is 434. The molecule has 6 heteroatoms. The normalized spacial score (nSPS) is 10.7. The lowest BCUT2D eigenvalue weighted by atomic mass is 10.4. The number of esters is 1. The maximum Gasteiger partial charge on any atom is 0.319 e. The van der Waals surface area contributed by atoms with E-state index in [1.807, 2.05) is 22.2 Å². The number of fused-ring (bicyclic) bond motifs is 1. The van der Waals surface area contributed by atoms with Crippen molar-refractivity contribution >= 4 is 22.3 Å². The van der Waals surface area contributed by atoms with E-state index in [0.29, 0.717) is 6.54 Å². The van der Waals surface area contributed by atoms with Gasteiger partial charge in [0.2, 0.25) is 0 Å². The molecule has 0 spiro atoms. The van der Waals surface area contributed by atoms with Crippen molar-refractivity contribution in [3.05, 3.63) is 23.5 Å². The summed E-state index contributed by atoms with van der Waals surface area (Å²) in [6.45, 7) is 0.783. The first kappa shape index (κ1) is 10.1. The summed E-state index contributed by atoms with van der Waals surface area (Å²) in [6, 6.07) is 0. The van der Waals surface area contributed by atoms with E-state index in [1.165, 1.54) is 7.11 Å². The van der Waals surface area contributed by atoms with E-state index in [0.717, 1.165) is 10.7 Å². The maximum absolute atomic E-state index is 10.8. The van der Waals surface area contributed by atoms with Gasteiger partial charge in [0, 0.05) is 24.3 Å². The predicted molar refractivity (Wildman–Crippen MR) is 56.8 cm³/mol. The summed E-state index contributed by atoms with van der Waals surface area (Å²) in [5.41, 5.74) is 0.922. The first-order valence-corrected chi connectivity index (χ1v) is 5.36. The molecule has 15 heavy (non-hydrogen) atoms. The fourth-order valence-electron chi connectivity index (χ4n) is 1.23. The van der Waals surface area contributed by atoms with Crippen molar-refractivity contribution in [1.82, 2.24) is 14.7 Å². The smallest absolute Gasteiger partial charge is 0.319 e. The minimum Gasteiger partial charge on any atom is -0.468 e. The van der Waals surface area contributed by atoms with Crippen LogP contribution in [0.3, 0.4) is 0 Å². The minimum absolute atomic E-state index is 0.210. The highest BCUT2D eigenvalue weighted by Gasteiger charge is 2.03. The predicted octanol–water partition coefficient (Wildman–Crippen LogP) is 0.658. The van der Waals surface area contributed by atoms with Crippen LogP contribution >= 0.6 is 11.3 Å². The van der Waals surface area contributed by atoms with Crippen LogP contribution in [0, 0.1) is 0 Å². The SMILES string of the molecule is COC(=O)CNCc1cn2ccsc2n1. The number of ether oxygens (including phenoxy) is 1. The van der Waals surface area contributed by atoms with E-state index in [2.05, 4.69) is 15.0 Å². The second kappa shape index (κ2) is 4.41. The van der Waals surface area contributed by atoms with Gasteiger partial charge in [-0.25, -0.2) is 4.98 Å². The molecule has 80 valence electrons. The first-order valence-electron chi connectivity index (χ1n) is 4.48. The van der Waals surface area contributed by atoms with Crippen LogP contribution in [0.15, 0.2) is 17.8 Å². The average Bonchev–Trinajstić information content (AvgIpc) is 2.77. The maximum atomic E-state index is 10.8. The molecule has 1 N–H and O–H groups in total. The molecule has 0 saturated heterocycles. The van der Waals surface area contributed by atoms with E-state index >= 15 is 0 Å². The molecule has 0 radical (unpaired) electrons. The second-order valence-corrected chi connectivity index (χ2v) is 3.88. The molecule has 0 bridgehead atoms. The number of thiazole rings is 1. The number of methoxy groups -OCH3 is 1. The molecule has 0 aliphatic heterocycles. The van der Waals surface area contributed by atoms with Crippen LogP contribution < -0.4 is 5.32 Å². The quantitative estimate of drug-likeness (QED) is 0.777. The summed E-state index contributed by atoms with van der Waals surface area (Å²) in [7, 11) is 1.37. The number of nitrogens with one attached hydrogen (secondary N) is 1. The molecule has 0 fully saturated rings. The minimum atomic E-state index is -0.268. The molecule has 2 rings (SSSR count). The van der Waals surface area contributed by atoms with Gasteiger partial charge in [0.05, 0.1) is 19.3 Å². The Hall–Kier alpha value is -1.40. The first-order chi connectivity index (χ1) is 7.29. The number of carbonyl (C=O) groups is 1. The Morgan fingerprint density at radius 2 is 2.60 bits per heavy atom. The lowest BCUT2D eigenvalue weighted by Gasteiger charge is -1.99. The highest BCUT2D eigenvalue weighted by Crippen LogP contribution is 2.10. The van der Waals surface area contributed by atoms with Gasteiger partial charge in [-0.05, 0) is 0 Å². The molecular formula is C9H11N3O2S. The van der Waals surface area contributed by atoms with Crippen molar-refractivity contribution in [1.29, 1.82) is 0 Å². The van der Waals surface area contributed by atoms with Crippen molar-refractivity contribution in [3.63, 3.8) is 0 Å². The zero-order valence-corrected chi connectivity index (χ0v) is 9.08. The Labute approximate surface area is 90.7 Å². The van der Waals surface area contributed by atoms with Crippen LogP contribution in [0.25, 0.3) is 4.96 Å². The summed E-state index contributed by atoms with van der Waals surface area (Å²) in [6.07, 6.45) is 3.90. The average molecular weight is 225 g/mol. The van der Waals surface area contributed by atoms with Crippen molar-refractivity contribution in [2.75, 3.05) is 13.7 Å². The molecular weight excluding hydrogens is 214 g/mol. The standard InChI is InChI=1S/C9H11N3O2S/c1-14-8(13)5-10-4-7-6-12-2-3-15-9(12)11-7/h2-3,6,10H,4-5H2,1H3.